The number of aliphatic hydroxyl groups is 1. The lowest BCUT2D eigenvalue weighted by Crippen LogP contribution is -2.65. The van der Waals surface area contributed by atoms with E-state index in [0.29, 0.717) is 11.3 Å². The van der Waals surface area contributed by atoms with Gasteiger partial charge < -0.3 is 10.8 Å². The summed E-state index contributed by atoms with van der Waals surface area (Å²) in [5, 5.41) is 10.2. The smallest absolute Gasteiger partial charge is 0.243 e. The molecular weight excluding hydrogens is 264 g/mol. The largest absolute Gasteiger partial charge is 0.399 e. The highest BCUT2D eigenvalue weighted by Gasteiger charge is 2.49. The Hall–Kier alpha value is -1.11. The average molecular weight is 284 g/mol. The standard InChI is InChI=1S/C13H20N2O3S/c1-9(2)13(16)7-15(8-13)19(17,18)12-6-11(14)5-4-10(12)3/h4-6,9,16H,7-8,14H2,1-3H3. The lowest BCUT2D eigenvalue weighted by atomic mass is 9.85. The molecule has 0 aliphatic carbocycles. The highest BCUT2D eigenvalue weighted by Crippen LogP contribution is 2.34. The van der Waals surface area contributed by atoms with Crippen molar-refractivity contribution in [3.63, 3.8) is 0 Å². The summed E-state index contributed by atoms with van der Waals surface area (Å²) < 4.78 is 26.2. The summed E-state index contributed by atoms with van der Waals surface area (Å²) in [6.45, 7) is 5.79. The maximum absolute atomic E-state index is 12.5. The molecule has 0 spiro atoms. The molecule has 1 fully saturated rings. The molecule has 19 heavy (non-hydrogen) atoms. The van der Waals surface area contributed by atoms with Gasteiger partial charge in [0, 0.05) is 18.8 Å². The van der Waals surface area contributed by atoms with Crippen LogP contribution in [-0.4, -0.2) is 36.5 Å². The Balaban J connectivity index is 2.29. The minimum Gasteiger partial charge on any atom is -0.399 e. The van der Waals surface area contributed by atoms with Gasteiger partial charge in [-0.25, -0.2) is 8.42 Å². The molecule has 3 N–H and O–H groups in total. The van der Waals surface area contributed by atoms with E-state index in [-0.39, 0.29) is 23.9 Å². The summed E-state index contributed by atoms with van der Waals surface area (Å²) in [5.74, 6) is 0.0286. The molecule has 1 aromatic carbocycles. The van der Waals surface area contributed by atoms with Crippen LogP contribution in [0.5, 0.6) is 0 Å². The molecule has 0 amide bonds. The molecule has 1 aliphatic rings. The minimum atomic E-state index is -3.57. The lowest BCUT2D eigenvalue weighted by molar-refractivity contribution is -0.0932. The molecule has 5 nitrogen and oxygen atoms in total. The number of nitrogen functional groups attached to an aromatic ring is 1. The SMILES string of the molecule is Cc1ccc(N)cc1S(=O)(=O)N1CC(O)(C(C)C)C1. The van der Waals surface area contributed by atoms with E-state index in [1.807, 2.05) is 13.8 Å². The summed E-state index contributed by atoms with van der Waals surface area (Å²) >= 11 is 0. The Morgan fingerprint density at radius 3 is 2.47 bits per heavy atom. The van der Waals surface area contributed by atoms with E-state index in [4.69, 9.17) is 5.73 Å². The number of aryl methyl sites for hydroxylation is 1. The second-order valence-electron chi connectivity index (χ2n) is 5.56. The topological polar surface area (TPSA) is 83.6 Å². The number of anilines is 1. The first kappa shape index (κ1) is 14.3. The van der Waals surface area contributed by atoms with Crippen LogP contribution in [0.25, 0.3) is 0 Å². The number of rotatable bonds is 3. The molecule has 0 unspecified atom stereocenters. The zero-order chi connectivity index (χ0) is 14.4. The van der Waals surface area contributed by atoms with Crippen LogP contribution >= 0.6 is 0 Å². The van der Waals surface area contributed by atoms with E-state index >= 15 is 0 Å². The average Bonchev–Trinajstić information content (AvgIpc) is 2.27. The predicted molar refractivity (Wildman–Crippen MR) is 74.1 cm³/mol. The van der Waals surface area contributed by atoms with Crippen molar-refractivity contribution in [1.82, 2.24) is 4.31 Å². The maximum Gasteiger partial charge on any atom is 0.243 e. The summed E-state index contributed by atoms with van der Waals surface area (Å²) in [6.07, 6.45) is 0. The fourth-order valence-electron chi connectivity index (χ4n) is 2.13. The normalized spacial score (nSPS) is 19.4. The van der Waals surface area contributed by atoms with E-state index in [0.717, 1.165) is 0 Å². The van der Waals surface area contributed by atoms with E-state index in [2.05, 4.69) is 0 Å². The molecule has 0 aromatic heterocycles. The molecule has 1 heterocycles. The Morgan fingerprint density at radius 2 is 1.95 bits per heavy atom. The van der Waals surface area contributed by atoms with Crippen molar-refractivity contribution in [3.05, 3.63) is 23.8 Å². The Bertz CT molecular complexity index is 590. The number of β-amino-alcohol motifs (C(OH)–C–C–N with tert-alkyl or cyclic N) is 1. The maximum atomic E-state index is 12.5. The first-order valence-corrected chi connectivity index (χ1v) is 7.69. The van der Waals surface area contributed by atoms with Crippen LogP contribution < -0.4 is 5.73 Å². The number of nitrogens with two attached hydrogens (primary N) is 1. The molecule has 106 valence electrons. The third-order valence-electron chi connectivity index (χ3n) is 3.81. The van der Waals surface area contributed by atoms with E-state index in [9.17, 15) is 13.5 Å². The second-order valence-corrected chi connectivity index (χ2v) is 7.46. The van der Waals surface area contributed by atoms with Crippen molar-refractivity contribution in [2.45, 2.75) is 31.3 Å². The van der Waals surface area contributed by atoms with Gasteiger partial charge >= 0.3 is 0 Å². The molecule has 1 aromatic rings. The van der Waals surface area contributed by atoms with Crippen LogP contribution in [0.4, 0.5) is 5.69 Å². The molecule has 0 radical (unpaired) electrons. The van der Waals surface area contributed by atoms with Crippen LogP contribution in [0.1, 0.15) is 19.4 Å². The summed E-state index contributed by atoms with van der Waals surface area (Å²) in [5.41, 5.74) is 5.82. The number of hydrogen-bond acceptors (Lipinski definition) is 4. The zero-order valence-corrected chi connectivity index (χ0v) is 12.2. The quantitative estimate of drug-likeness (QED) is 0.810. The van der Waals surface area contributed by atoms with Gasteiger partial charge in [-0.3, -0.25) is 0 Å². The first-order valence-electron chi connectivity index (χ1n) is 6.25. The van der Waals surface area contributed by atoms with Gasteiger partial charge in [0.05, 0.1) is 10.5 Å². The van der Waals surface area contributed by atoms with Gasteiger partial charge in [-0.05, 0) is 30.5 Å². The molecular formula is C13H20N2O3S. The van der Waals surface area contributed by atoms with Crippen molar-refractivity contribution in [2.24, 2.45) is 5.92 Å². The van der Waals surface area contributed by atoms with Crippen LogP contribution in [0.15, 0.2) is 23.1 Å². The van der Waals surface area contributed by atoms with Gasteiger partial charge in [-0.15, -0.1) is 0 Å². The highest BCUT2D eigenvalue weighted by molar-refractivity contribution is 7.89. The highest BCUT2D eigenvalue weighted by atomic mass is 32.2. The van der Waals surface area contributed by atoms with Crippen molar-refractivity contribution >= 4 is 15.7 Å². The van der Waals surface area contributed by atoms with Gasteiger partial charge in [-0.2, -0.15) is 4.31 Å². The van der Waals surface area contributed by atoms with E-state index < -0.39 is 15.6 Å². The van der Waals surface area contributed by atoms with Gasteiger partial charge in [0.2, 0.25) is 10.0 Å². The van der Waals surface area contributed by atoms with Gasteiger partial charge in [0.25, 0.3) is 0 Å². The Kier molecular flexibility index (Phi) is 3.36. The zero-order valence-electron chi connectivity index (χ0n) is 11.4. The van der Waals surface area contributed by atoms with Crippen LogP contribution in [-0.2, 0) is 10.0 Å². The number of nitrogens with zero attached hydrogens (tertiary/aromatic N) is 1. The van der Waals surface area contributed by atoms with Crippen molar-refractivity contribution in [1.29, 1.82) is 0 Å². The van der Waals surface area contributed by atoms with E-state index in [1.165, 1.54) is 10.4 Å². The summed E-state index contributed by atoms with van der Waals surface area (Å²) in [7, 11) is -3.57. The third-order valence-corrected chi connectivity index (χ3v) is 5.74. The monoisotopic (exact) mass is 284 g/mol. The van der Waals surface area contributed by atoms with Crippen molar-refractivity contribution < 1.29 is 13.5 Å². The van der Waals surface area contributed by atoms with Gasteiger partial charge in [-0.1, -0.05) is 19.9 Å². The van der Waals surface area contributed by atoms with Crippen LogP contribution in [0, 0.1) is 12.8 Å². The molecule has 1 saturated heterocycles. The van der Waals surface area contributed by atoms with Gasteiger partial charge in [0.15, 0.2) is 0 Å². The van der Waals surface area contributed by atoms with Crippen molar-refractivity contribution in [2.75, 3.05) is 18.8 Å². The number of sulfonamides is 1. The fourth-order valence-corrected chi connectivity index (χ4v) is 3.96. The first-order chi connectivity index (χ1) is 8.67. The van der Waals surface area contributed by atoms with Crippen molar-refractivity contribution in [3.8, 4) is 0 Å². The van der Waals surface area contributed by atoms with Crippen LogP contribution in [0.2, 0.25) is 0 Å². The predicted octanol–water partition coefficient (Wildman–Crippen LogP) is 0.969. The Morgan fingerprint density at radius 1 is 1.37 bits per heavy atom. The Labute approximate surface area is 114 Å². The summed E-state index contributed by atoms with van der Waals surface area (Å²) in [4.78, 5) is 0.221. The molecule has 0 atom stereocenters. The van der Waals surface area contributed by atoms with Crippen LogP contribution in [0.3, 0.4) is 0 Å². The van der Waals surface area contributed by atoms with E-state index in [1.54, 1.807) is 19.1 Å². The second kappa shape index (κ2) is 4.47. The molecule has 0 bridgehead atoms. The third kappa shape index (κ3) is 2.35. The molecule has 2 rings (SSSR count). The molecule has 1 aliphatic heterocycles. The fraction of sp³-hybridized carbons (Fsp3) is 0.538. The number of hydrogen-bond donors (Lipinski definition) is 2. The van der Waals surface area contributed by atoms with Gasteiger partial charge in [0.1, 0.15) is 0 Å². The molecule has 6 heteroatoms. The molecule has 0 saturated carbocycles. The minimum absolute atomic E-state index is 0.0286. The number of benzene rings is 1. The lowest BCUT2D eigenvalue weighted by Gasteiger charge is -2.48. The summed E-state index contributed by atoms with van der Waals surface area (Å²) in [6, 6.07) is 4.84.